The van der Waals surface area contributed by atoms with Crippen molar-refractivity contribution in [1.29, 1.82) is 0 Å². The summed E-state index contributed by atoms with van der Waals surface area (Å²) in [6.45, 7) is 7.18. The van der Waals surface area contributed by atoms with Crippen LogP contribution in [0.25, 0.3) is 15.9 Å². The number of hydrogen-bond acceptors (Lipinski definition) is 6. The molecular formula is C22H23N5O2S. The second-order valence-corrected chi connectivity index (χ2v) is 9.31. The van der Waals surface area contributed by atoms with Gasteiger partial charge in [0, 0.05) is 17.8 Å². The summed E-state index contributed by atoms with van der Waals surface area (Å²) in [7, 11) is 0. The van der Waals surface area contributed by atoms with Crippen molar-refractivity contribution in [2.45, 2.75) is 45.8 Å². The average Bonchev–Trinajstić information content (AvgIpc) is 3.30. The largest absolute Gasteiger partial charge is 0.370 e. The zero-order chi connectivity index (χ0) is 20.9. The van der Waals surface area contributed by atoms with E-state index in [1.54, 1.807) is 15.9 Å². The van der Waals surface area contributed by atoms with Crippen LogP contribution in [0.2, 0.25) is 0 Å². The standard InChI is InChI=1S/C22H23N5O2S/c1-13-24-21-17(15-11-22(2,3)29-12-16(15)30-21)19-25-18(26-27(13)19)20(28)23-10-9-14-7-5-4-6-8-14/h4-8H,9-12H2,1-3H3,(H,23,28). The van der Waals surface area contributed by atoms with Crippen LogP contribution in [0, 0.1) is 6.92 Å². The minimum atomic E-state index is -0.269. The number of aromatic nitrogens is 4. The Morgan fingerprint density at radius 1 is 1.27 bits per heavy atom. The van der Waals surface area contributed by atoms with E-state index in [9.17, 15) is 4.79 Å². The molecule has 30 heavy (non-hydrogen) atoms. The summed E-state index contributed by atoms with van der Waals surface area (Å²) in [4.78, 5) is 24.1. The first-order valence-corrected chi connectivity index (χ1v) is 10.9. The summed E-state index contributed by atoms with van der Waals surface area (Å²) in [6, 6.07) is 10.1. The van der Waals surface area contributed by atoms with Crippen molar-refractivity contribution in [3.05, 3.63) is 58.0 Å². The highest BCUT2D eigenvalue weighted by Crippen LogP contribution is 2.39. The number of nitrogens with zero attached hydrogens (tertiary/aromatic N) is 4. The molecule has 4 heterocycles. The number of hydrogen-bond donors (Lipinski definition) is 1. The molecule has 3 aromatic heterocycles. The Kier molecular flexibility index (Phi) is 4.56. The Bertz CT molecular complexity index is 1260. The topological polar surface area (TPSA) is 81.4 Å². The molecule has 154 valence electrons. The van der Waals surface area contributed by atoms with E-state index >= 15 is 0 Å². The first kappa shape index (κ1) is 19.1. The average molecular weight is 422 g/mol. The van der Waals surface area contributed by atoms with Crippen LogP contribution in [-0.4, -0.2) is 37.6 Å². The number of aryl methyl sites for hydroxylation is 1. The van der Waals surface area contributed by atoms with E-state index in [-0.39, 0.29) is 17.3 Å². The third-order valence-electron chi connectivity index (χ3n) is 5.41. The quantitative estimate of drug-likeness (QED) is 0.546. The Labute approximate surface area is 178 Å². The fraction of sp³-hybridized carbons (Fsp3) is 0.364. The monoisotopic (exact) mass is 421 g/mol. The molecule has 1 aromatic carbocycles. The molecule has 0 spiro atoms. The van der Waals surface area contributed by atoms with Crippen LogP contribution in [0.5, 0.6) is 0 Å². The lowest BCUT2D eigenvalue weighted by molar-refractivity contribution is -0.0379. The van der Waals surface area contributed by atoms with Crippen molar-refractivity contribution in [2.24, 2.45) is 0 Å². The molecule has 0 saturated heterocycles. The van der Waals surface area contributed by atoms with Crippen LogP contribution in [0.3, 0.4) is 0 Å². The van der Waals surface area contributed by atoms with E-state index in [4.69, 9.17) is 9.72 Å². The van der Waals surface area contributed by atoms with Gasteiger partial charge in [-0.3, -0.25) is 4.79 Å². The number of fused-ring (bicyclic) bond motifs is 5. The van der Waals surface area contributed by atoms with Crippen LogP contribution in [0.1, 0.15) is 46.3 Å². The summed E-state index contributed by atoms with van der Waals surface area (Å²) >= 11 is 1.64. The normalized spacial score (nSPS) is 15.4. The Morgan fingerprint density at radius 2 is 2.07 bits per heavy atom. The third-order valence-corrected chi connectivity index (χ3v) is 6.51. The van der Waals surface area contributed by atoms with E-state index in [0.29, 0.717) is 24.6 Å². The fourth-order valence-electron chi connectivity index (χ4n) is 3.88. The molecule has 0 atom stereocenters. The fourth-order valence-corrected chi connectivity index (χ4v) is 5.03. The first-order chi connectivity index (χ1) is 14.4. The van der Waals surface area contributed by atoms with Crippen molar-refractivity contribution in [2.75, 3.05) is 6.54 Å². The predicted octanol–water partition coefficient (Wildman–Crippen LogP) is 3.47. The number of benzene rings is 1. The van der Waals surface area contributed by atoms with Crippen molar-refractivity contribution < 1.29 is 9.53 Å². The second kappa shape index (κ2) is 7.14. The van der Waals surface area contributed by atoms with Crippen molar-refractivity contribution >= 4 is 33.1 Å². The lowest BCUT2D eigenvalue weighted by Crippen LogP contribution is -2.31. The van der Waals surface area contributed by atoms with Crippen LogP contribution in [-0.2, 0) is 24.2 Å². The highest BCUT2D eigenvalue weighted by Gasteiger charge is 2.31. The van der Waals surface area contributed by atoms with Gasteiger partial charge >= 0.3 is 0 Å². The van der Waals surface area contributed by atoms with E-state index in [2.05, 4.69) is 29.2 Å². The minimum Gasteiger partial charge on any atom is -0.370 e. The van der Waals surface area contributed by atoms with E-state index in [0.717, 1.165) is 23.1 Å². The molecule has 1 amide bonds. The van der Waals surface area contributed by atoms with Crippen molar-refractivity contribution in [1.82, 2.24) is 24.9 Å². The maximum atomic E-state index is 12.7. The van der Waals surface area contributed by atoms with Gasteiger partial charge in [-0.05, 0) is 38.3 Å². The number of carbonyl (C=O) groups excluding carboxylic acids is 1. The second-order valence-electron chi connectivity index (χ2n) is 8.23. The summed E-state index contributed by atoms with van der Waals surface area (Å²) < 4.78 is 7.65. The highest BCUT2D eigenvalue weighted by atomic mass is 32.1. The van der Waals surface area contributed by atoms with Crippen LogP contribution in [0.15, 0.2) is 30.3 Å². The lowest BCUT2D eigenvalue weighted by atomic mass is 9.94. The number of rotatable bonds is 4. The van der Waals surface area contributed by atoms with Crippen LogP contribution in [0.4, 0.5) is 0 Å². The third kappa shape index (κ3) is 3.36. The number of carbonyl (C=O) groups is 1. The highest BCUT2D eigenvalue weighted by molar-refractivity contribution is 7.19. The van der Waals surface area contributed by atoms with Gasteiger partial charge < -0.3 is 10.1 Å². The summed E-state index contributed by atoms with van der Waals surface area (Å²) in [5.41, 5.74) is 2.85. The summed E-state index contributed by atoms with van der Waals surface area (Å²) in [6.07, 6.45) is 1.55. The van der Waals surface area contributed by atoms with E-state index in [1.807, 2.05) is 37.3 Å². The van der Waals surface area contributed by atoms with Gasteiger partial charge in [-0.25, -0.2) is 9.97 Å². The molecule has 0 aliphatic carbocycles. The predicted molar refractivity (Wildman–Crippen MR) is 116 cm³/mol. The molecule has 1 aliphatic rings. The van der Waals surface area contributed by atoms with E-state index in [1.165, 1.54) is 16.0 Å². The zero-order valence-electron chi connectivity index (χ0n) is 17.2. The first-order valence-electron chi connectivity index (χ1n) is 10.0. The number of thiophene rings is 1. The van der Waals surface area contributed by atoms with E-state index < -0.39 is 0 Å². The molecule has 1 N–H and O–H groups in total. The summed E-state index contributed by atoms with van der Waals surface area (Å²) in [5.74, 6) is 0.619. The molecule has 1 aliphatic heterocycles. The smallest absolute Gasteiger partial charge is 0.291 e. The Hall–Kier alpha value is -2.84. The molecule has 7 nitrogen and oxygen atoms in total. The molecule has 4 aromatic rings. The number of nitrogens with one attached hydrogen (secondary N) is 1. The number of ether oxygens (including phenoxy) is 1. The maximum Gasteiger partial charge on any atom is 0.291 e. The molecule has 8 heteroatoms. The molecule has 0 saturated carbocycles. The maximum absolute atomic E-state index is 12.7. The lowest BCUT2D eigenvalue weighted by Gasteiger charge is -2.30. The SMILES string of the molecule is Cc1nc2sc3c(c2c2nc(C(=O)NCCc4ccccc4)nn12)CC(C)(C)OC3. The number of amides is 1. The van der Waals surface area contributed by atoms with Gasteiger partial charge in [0.2, 0.25) is 5.82 Å². The van der Waals surface area contributed by atoms with Gasteiger partial charge in [-0.15, -0.1) is 16.4 Å². The van der Waals surface area contributed by atoms with Crippen molar-refractivity contribution in [3.8, 4) is 0 Å². The Morgan fingerprint density at radius 3 is 2.87 bits per heavy atom. The van der Waals surface area contributed by atoms with Crippen LogP contribution >= 0.6 is 11.3 Å². The molecule has 5 rings (SSSR count). The van der Waals surface area contributed by atoms with Crippen molar-refractivity contribution in [3.63, 3.8) is 0 Å². The van der Waals surface area contributed by atoms with Gasteiger partial charge in [0.15, 0.2) is 5.65 Å². The van der Waals surface area contributed by atoms with Gasteiger partial charge in [-0.2, -0.15) is 4.52 Å². The molecule has 0 fully saturated rings. The van der Waals surface area contributed by atoms with Gasteiger partial charge in [-0.1, -0.05) is 30.3 Å². The zero-order valence-corrected chi connectivity index (χ0v) is 18.0. The molecular weight excluding hydrogens is 398 g/mol. The van der Waals surface area contributed by atoms with Gasteiger partial charge in [0.1, 0.15) is 10.7 Å². The minimum absolute atomic E-state index is 0.173. The molecule has 0 unspecified atom stereocenters. The summed E-state index contributed by atoms with van der Waals surface area (Å²) in [5, 5.41) is 8.38. The Balaban J connectivity index is 1.47. The van der Waals surface area contributed by atoms with Gasteiger partial charge in [0.25, 0.3) is 5.91 Å². The van der Waals surface area contributed by atoms with Crippen LogP contribution < -0.4 is 5.32 Å². The molecule has 0 bridgehead atoms. The molecule has 0 radical (unpaired) electrons. The van der Waals surface area contributed by atoms with Gasteiger partial charge in [0.05, 0.1) is 17.6 Å².